The second kappa shape index (κ2) is 2.84. The lowest BCUT2D eigenvalue weighted by molar-refractivity contribution is 0.551. The van der Waals surface area contributed by atoms with Crippen molar-refractivity contribution in [2.75, 3.05) is 0 Å². The van der Waals surface area contributed by atoms with Gasteiger partial charge in [0.2, 0.25) is 0 Å². The van der Waals surface area contributed by atoms with Gasteiger partial charge < -0.3 is 10.7 Å². The predicted molar refractivity (Wildman–Crippen MR) is 38.0 cm³/mol. The lowest BCUT2D eigenvalue weighted by Gasteiger charge is -2.04. The molecule has 56 valence electrons. The second-order valence-corrected chi connectivity index (χ2v) is 2.26. The number of H-pyrrole nitrogens is 1. The number of hydrogen-bond acceptors (Lipinski definition) is 1. The van der Waals surface area contributed by atoms with Crippen molar-refractivity contribution < 1.29 is 4.39 Å². The lowest BCUT2D eigenvalue weighted by Crippen LogP contribution is -2.09. The minimum absolute atomic E-state index is 0.175. The van der Waals surface area contributed by atoms with Gasteiger partial charge in [0.05, 0.1) is 0 Å². The molecule has 10 heavy (non-hydrogen) atoms. The Morgan fingerprint density at radius 3 is 2.90 bits per heavy atom. The maximum Gasteiger partial charge on any atom is 0.195 e. The van der Waals surface area contributed by atoms with Crippen molar-refractivity contribution in [2.45, 2.75) is 19.4 Å². The SMILES string of the molecule is CCC(N)c1cc[nH]c1F. The van der Waals surface area contributed by atoms with Gasteiger partial charge in [-0.05, 0) is 12.5 Å². The third-order valence-corrected chi connectivity index (χ3v) is 1.57. The van der Waals surface area contributed by atoms with E-state index in [2.05, 4.69) is 4.98 Å². The summed E-state index contributed by atoms with van der Waals surface area (Å²) in [5, 5.41) is 0. The van der Waals surface area contributed by atoms with Crippen LogP contribution in [0.2, 0.25) is 0 Å². The molecule has 0 aliphatic rings. The molecule has 1 heterocycles. The Balaban J connectivity index is 2.82. The summed E-state index contributed by atoms with van der Waals surface area (Å²) in [7, 11) is 0. The molecule has 0 amide bonds. The molecule has 0 aliphatic heterocycles. The molecule has 1 unspecified atom stereocenters. The summed E-state index contributed by atoms with van der Waals surface area (Å²) >= 11 is 0. The Labute approximate surface area is 59.2 Å². The van der Waals surface area contributed by atoms with Crippen LogP contribution >= 0.6 is 0 Å². The first-order chi connectivity index (χ1) is 4.75. The van der Waals surface area contributed by atoms with Crippen molar-refractivity contribution in [3.05, 3.63) is 23.8 Å². The van der Waals surface area contributed by atoms with Crippen LogP contribution in [0.15, 0.2) is 12.3 Å². The molecule has 0 spiro atoms. The van der Waals surface area contributed by atoms with Gasteiger partial charge in [-0.25, -0.2) is 0 Å². The van der Waals surface area contributed by atoms with Gasteiger partial charge in [0.1, 0.15) is 0 Å². The van der Waals surface area contributed by atoms with E-state index in [0.717, 1.165) is 6.42 Å². The Morgan fingerprint density at radius 1 is 1.80 bits per heavy atom. The van der Waals surface area contributed by atoms with Gasteiger partial charge in [-0.1, -0.05) is 6.92 Å². The molecule has 0 bridgehead atoms. The summed E-state index contributed by atoms with van der Waals surface area (Å²) in [4.78, 5) is 2.44. The molecule has 0 aromatic carbocycles. The summed E-state index contributed by atoms with van der Waals surface area (Å²) in [6.07, 6.45) is 2.31. The molecule has 1 aromatic heterocycles. The van der Waals surface area contributed by atoms with Gasteiger partial charge in [0.15, 0.2) is 5.95 Å². The van der Waals surface area contributed by atoms with Crippen molar-refractivity contribution in [3.8, 4) is 0 Å². The third kappa shape index (κ3) is 1.19. The molecule has 0 saturated carbocycles. The Morgan fingerprint density at radius 2 is 2.50 bits per heavy atom. The fourth-order valence-corrected chi connectivity index (χ4v) is 0.867. The second-order valence-electron chi connectivity index (χ2n) is 2.26. The highest BCUT2D eigenvalue weighted by Crippen LogP contribution is 2.15. The van der Waals surface area contributed by atoms with Crippen molar-refractivity contribution in [2.24, 2.45) is 5.73 Å². The normalized spacial score (nSPS) is 13.5. The van der Waals surface area contributed by atoms with Crippen LogP contribution in [-0.4, -0.2) is 4.98 Å². The van der Waals surface area contributed by atoms with E-state index in [0.29, 0.717) is 5.56 Å². The molecule has 0 saturated heterocycles. The van der Waals surface area contributed by atoms with Crippen LogP contribution in [-0.2, 0) is 0 Å². The zero-order valence-electron chi connectivity index (χ0n) is 5.89. The number of hydrogen-bond donors (Lipinski definition) is 2. The van der Waals surface area contributed by atoms with Crippen LogP contribution in [0, 0.1) is 5.95 Å². The van der Waals surface area contributed by atoms with E-state index >= 15 is 0 Å². The molecule has 1 rings (SSSR count). The van der Waals surface area contributed by atoms with Gasteiger partial charge in [-0.3, -0.25) is 0 Å². The molecule has 3 N–H and O–H groups in total. The highest BCUT2D eigenvalue weighted by molar-refractivity contribution is 5.14. The summed E-state index contributed by atoms with van der Waals surface area (Å²) in [5.41, 5.74) is 6.15. The molecule has 0 aliphatic carbocycles. The Bertz CT molecular complexity index is 207. The third-order valence-electron chi connectivity index (χ3n) is 1.57. The van der Waals surface area contributed by atoms with Crippen molar-refractivity contribution >= 4 is 0 Å². The number of nitrogens with one attached hydrogen (secondary N) is 1. The van der Waals surface area contributed by atoms with Crippen LogP contribution in [0.3, 0.4) is 0 Å². The van der Waals surface area contributed by atoms with Gasteiger partial charge in [0.25, 0.3) is 0 Å². The smallest absolute Gasteiger partial charge is 0.195 e. The van der Waals surface area contributed by atoms with Crippen LogP contribution in [0.4, 0.5) is 4.39 Å². The predicted octanol–water partition coefficient (Wildman–Crippen LogP) is 1.56. The lowest BCUT2D eigenvalue weighted by atomic mass is 10.1. The highest BCUT2D eigenvalue weighted by atomic mass is 19.1. The molecular weight excluding hydrogens is 131 g/mol. The first kappa shape index (κ1) is 7.28. The van der Waals surface area contributed by atoms with Crippen molar-refractivity contribution in [1.29, 1.82) is 0 Å². The Hall–Kier alpha value is -0.830. The number of nitrogens with two attached hydrogens (primary N) is 1. The van der Waals surface area contributed by atoms with E-state index < -0.39 is 0 Å². The number of aromatic amines is 1. The molecule has 1 atom stereocenters. The number of halogens is 1. The van der Waals surface area contributed by atoms with E-state index in [-0.39, 0.29) is 12.0 Å². The first-order valence-electron chi connectivity index (χ1n) is 3.34. The van der Waals surface area contributed by atoms with Gasteiger partial charge >= 0.3 is 0 Å². The summed E-state index contributed by atoms with van der Waals surface area (Å²) in [6.45, 7) is 1.93. The van der Waals surface area contributed by atoms with E-state index in [1.54, 1.807) is 12.3 Å². The molecule has 3 heteroatoms. The van der Waals surface area contributed by atoms with Crippen LogP contribution in [0.5, 0.6) is 0 Å². The van der Waals surface area contributed by atoms with Crippen LogP contribution in [0.25, 0.3) is 0 Å². The van der Waals surface area contributed by atoms with E-state index in [9.17, 15) is 4.39 Å². The van der Waals surface area contributed by atoms with Crippen LogP contribution < -0.4 is 5.73 Å². The average molecular weight is 142 g/mol. The van der Waals surface area contributed by atoms with Crippen molar-refractivity contribution in [3.63, 3.8) is 0 Å². The van der Waals surface area contributed by atoms with E-state index in [1.165, 1.54) is 0 Å². The summed E-state index contributed by atoms with van der Waals surface area (Å²) in [6, 6.07) is 1.50. The summed E-state index contributed by atoms with van der Waals surface area (Å²) < 4.78 is 12.7. The van der Waals surface area contributed by atoms with Gasteiger partial charge in [-0.2, -0.15) is 4.39 Å². The quantitative estimate of drug-likeness (QED) is 0.646. The van der Waals surface area contributed by atoms with Crippen molar-refractivity contribution in [1.82, 2.24) is 4.98 Å². The molecule has 0 fully saturated rings. The highest BCUT2D eigenvalue weighted by Gasteiger charge is 2.08. The molecule has 2 nitrogen and oxygen atoms in total. The first-order valence-corrected chi connectivity index (χ1v) is 3.34. The van der Waals surface area contributed by atoms with Crippen LogP contribution in [0.1, 0.15) is 24.9 Å². The maximum absolute atomic E-state index is 12.7. The maximum atomic E-state index is 12.7. The summed E-state index contributed by atoms with van der Waals surface area (Å²) in [5.74, 6) is -0.311. The molecule has 0 radical (unpaired) electrons. The fraction of sp³-hybridized carbons (Fsp3) is 0.429. The standard InChI is InChI=1S/C7H11FN2/c1-2-6(9)5-3-4-10-7(5)8/h3-4,6,10H,2,9H2,1H3. The van der Waals surface area contributed by atoms with E-state index in [4.69, 9.17) is 5.73 Å². The minimum Gasteiger partial charge on any atom is -0.338 e. The van der Waals surface area contributed by atoms with Gasteiger partial charge in [0, 0.05) is 17.8 Å². The van der Waals surface area contributed by atoms with Gasteiger partial charge in [-0.15, -0.1) is 0 Å². The Kier molecular flexibility index (Phi) is 2.06. The van der Waals surface area contributed by atoms with E-state index in [1.807, 2.05) is 6.92 Å². The zero-order valence-corrected chi connectivity index (χ0v) is 5.89. The number of aromatic nitrogens is 1. The largest absolute Gasteiger partial charge is 0.338 e. The minimum atomic E-state index is -0.311. The topological polar surface area (TPSA) is 41.8 Å². The zero-order chi connectivity index (χ0) is 7.56. The number of rotatable bonds is 2. The molecular formula is C7H11FN2. The average Bonchev–Trinajstić information content (AvgIpc) is 2.34. The fourth-order valence-electron chi connectivity index (χ4n) is 0.867. The monoisotopic (exact) mass is 142 g/mol. The molecule has 1 aromatic rings.